The molecule has 5 heteroatoms. The lowest BCUT2D eigenvalue weighted by atomic mass is 10.2. The van der Waals surface area contributed by atoms with Crippen LogP contribution in [0.3, 0.4) is 0 Å². The summed E-state index contributed by atoms with van der Waals surface area (Å²) in [6, 6.07) is 4.34. The van der Waals surface area contributed by atoms with Crippen molar-refractivity contribution < 1.29 is 4.74 Å². The van der Waals surface area contributed by atoms with E-state index in [0.717, 1.165) is 18.3 Å². The summed E-state index contributed by atoms with van der Waals surface area (Å²) >= 11 is 0. The molecule has 0 atom stereocenters. The van der Waals surface area contributed by atoms with E-state index < -0.39 is 0 Å². The molecule has 1 aliphatic carbocycles. The molecular formula is C13H20N4O. The van der Waals surface area contributed by atoms with Crippen molar-refractivity contribution in [3.63, 3.8) is 0 Å². The fourth-order valence-corrected chi connectivity index (χ4v) is 1.83. The van der Waals surface area contributed by atoms with E-state index in [1.54, 1.807) is 6.07 Å². The molecule has 1 aromatic heterocycles. The van der Waals surface area contributed by atoms with Crippen molar-refractivity contribution in [1.82, 2.24) is 9.88 Å². The Balaban J connectivity index is 1.94. The molecule has 0 aliphatic heterocycles. The Morgan fingerprint density at radius 1 is 1.56 bits per heavy atom. The molecule has 3 N–H and O–H groups in total. The number of likely N-dealkylation sites (N-methyl/N-ethyl adjacent to an activating group) is 1. The summed E-state index contributed by atoms with van der Waals surface area (Å²) in [7, 11) is 2.11. The Morgan fingerprint density at radius 3 is 2.89 bits per heavy atom. The SMILES string of the molecule is Cc1ccc(C(=N)N)c(OCCN(C)C2CC2)n1. The van der Waals surface area contributed by atoms with Crippen LogP contribution in [0.15, 0.2) is 12.1 Å². The van der Waals surface area contributed by atoms with Gasteiger partial charge in [-0.1, -0.05) is 0 Å². The van der Waals surface area contributed by atoms with Crippen molar-refractivity contribution >= 4 is 5.84 Å². The molecule has 0 amide bonds. The van der Waals surface area contributed by atoms with Gasteiger partial charge in [-0.15, -0.1) is 0 Å². The molecule has 0 aromatic carbocycles. The van der Waals surface area contributed by atoms with E-state index in [-0.39, 0.29) is 5.84 Å². The first-order valence-corrected chi connectivity index (χ1v) is 6.23. The van der Waals surface area contributed by atoms with Crippen molar-refractivity contribution in [3.05, 3.63) is 23.4 Å². The molecule has 0 spiro atoms. The second-order valence-corrected chi connectivity index (χ2v) is 4.78. The fraction of sp³-hybridized carbons (Fsp3) is 0.538. The summed E-state index contributed by atoms with van der Waals surface area (Å²) < 4.78 is 5.65. The Hall–Kier alpha value is -1.62. The minimum atomic E-state index is -0.00644. The van der Waals surface area contributed by atoms with E-state index in [1.807, 2.05) is 13.0 Å². The van der Waals surface area contributed by atoms with Gasteiger partial charge in [0, 0.05) is 18.3 Å². The van der Waals surface area contributed by atoms with Crippen molar-refractivity contribution in [1.29, 1.82) is 5.41 Å². The molecule has 1 saturated carbocycles. The number of aryl methyl sites for hydroxylation is 1. The van der Waals surface area contributed by atoms with Crippen molar-refractivity contribution in [2.75, 3.05) is 20.2 Å². The van der Waals surface area contributed by atoms with Crippen molar-refractivity contribution in [2.45, 2.75) is 25.8 Å². The molecule has 0 unspecified atom stereocenters. The predicted octanol–water partition coefficient (Wildman–Crippen LogP) is 1.15. The summed E-state index contributed by atoms with van der Waals surface area (Å²) in [5.41, 5.74) is 6.94. The lowest BCUT2D eigenvalue weighted by molar-refractivity contribution is 0.226. The molecule has 0 saturated heterocycles. The van der Waals surface area contributed by atoms with E-state index in [9.17, 15) is 0 Å². The van der Waals surface area contributed by atoms with E-state index in [2.05, 4.69) is 16.9 Å². The number of nitrogens with one attached hydrogen (secondary N) is 1. The predicted molar refractivity (Wildman–Crippen MR) is 71.1 cm³/mol. The zero-order chi connectivity index (χ0) is 13.1. The average molecular weight is 248 g/mol. The van der Waals surface area contributed by atoms with Crippen LogP contribution in [0.25, 0.3) is 0 Å². The lowest BCUT2D eigenvalue weighted by Gasteiger charge is -2.16. The number of nitrogen functional groups attached to an aromatic ring is 1. The lowest BCUT2D eigenvalue weighted by Crippen LogP contribution is -2.27. The Morgan fingerprint density at radius 2 is 2.28 bits per heavy atom. The number of amidine groups is 1. The van der Waals surface area contributed by atoms with Crippen LogP contribution >= 0.6 is 0 Å². The average Bonchev–Trinajstić information content (AvgIpc) is 3.12. The largest absolute Gasteiger partial charge is 0.476 e. The zero-order valence-corrected chi connectivity index (χ0v) is 10.9. The Bertz CT molecular complexity index is 443. The number of hydrogen-bond acceptors (Lipinski definition) is 4. The maximum absolute atomic E-state index is 7.49. The van der Waals surface area contributed by atoms with Crippen molar-refractivity contribution in [2.24, 2.45) is 5.73 Å². The molecule has 1 aliphatic rings. The van der Waals surface area contributed by atoms with E-state index in [1.165, 1.54) is 12.8 Å². The van der Waals surface area contributed by atoms with Crippen LogP contribution in [0.1, 0.15) is 24.1 Å². The van der Waals surface area contributed by atoms with Gasteiger partial charge in [0.25, 0.3) is 0 Å². The van der Waals surface area contributed by atoms with Crippen LogP contribution in [0.2, 0.25) is 0 Å². The minimum Gasteiger partial charge on any atom is -0.476 e. The third kappa shape index (κ3) is 3.20. The number of aromatic nitrogens is 1. The van der Waals surface area contributed by atoms with Crippen LogP contribution in [0, 0.1) is 12.3 Å². The first-order chi connectivity index (χ1) is 8.58. The highest BCUT2D eigenvalue weighted by Gasteiger charge is 2.25. The van der Waals surface area contributed by atoms with Gasteiger partial charge in [0.2, 0.25) is 5.88 Å². The van der Waals surface area contributed by atoms with Gasteiger partial charge >= 0.3 is 0 Å². The highest BCUT2D eigenvalue weighted by Crippen LogP contribution is 2.25. The molecule has 98 valence electrons. The second-order valence-electron chi connectivity index (χ2n) is 4.78. The molecule has 0 radical (unpaired) electrons. The van der Waals surface area contributed by atoms with Crippen LogP contribution < -0.4 is 10.5 Å². The third-order valence-electron chi connectivity index (χ3n) is 3.14. The van der Waals surface area contributed by atoms with Crippen LogP contribution in [-0.2, 0) is 0 Å². The van der Waals surface area contributed by atoms with Gasteiger partial charge in [0.1, 0.15) is 12.4 Å². The minimum absolute atomic E-state index is 0.00644. The first-order valence-electron chi connectivity index (χ1n) is 6.23. The van der Waals surface area contributed by atoms with E-state index in [4.69, 9.17) is 15.9 Å². The zero-order valence-electron chi connectivity index (χ0n) is 10.9. The summed E-state index contributed by atoms with van der Waals surface area (Å²) in [5.74, 6) is 0.458. The first kappa shape index (κ1) is 12.8. The number of pyridine rings is 1. The maximum atomic E-state index is 7.49. The molecular weight excluding hydrogens is 228 g/mol. The van der Waals surface area contributed by atoms with Gasteiger partial charge in [0.05, 0.1) is 5.56 Å². The normalized spacial score (nSPS) is 14.8. The molecule has 2 rings (SSSR count). The molecule has 1 fully saturated rings. The summed E-state index contributed by atoms with van der Waals surface area (Å²) in [6.07, 6.45) is 2.58. The second kappa shape index (κ2) is 5.35. The third-order valence-corrected chi connectivity index (χ3v) is 3.14. The van der Waals surface area contributed by atoms with Gasteiger partial charge in [-0.3, -0.25) is 5.41 Å². The van der Waals surface area contributed by atoms with Gasteiger partial charge in [-0.05, 0) is 38.9 Å². The highest BCUT2D eigenvalue weighted by molar-refractivity contribution is 5.97. The number of nitrogens with two attached hydrogens (primary N) is 1. The summed E-state index contributed by atoms with van der Waals surface area (Å²) in [5, 5.41) is 7.49. The summed E-state index contributed by atoms with van der Waals surface area (Å²) in [6.45, 7) is 3.34. The quantitative estimate of drug-likeness (QED) is 0.585. The Kier molecular flexibility index (Phi) is 3.81. The molecule has 1 aromatic rings. The molecule has 0 bridgehead atoms. The Labute approximate surface area is 107 Å². The highest BCUT2D eigenvalue weighted by atomic mass is 16.5. The molecule has 5 nitrogen and oxygen atoms in total. The van der Waals surface area contributed by atoms with E-state index >= 15 is 0 Å². The van der Waals surface area contributed by atoms with Crippen LogP contribution in [0.4, 0.5) is 0 Å². The fourth-order valence-electron chi connectivity index (χ4n) is 1.83. The number of rotatable bonds is 6. The van der Waals surface area contributed by atoms with Crippen molar-refractivity contribution in [3.8, 4) is 5.88 Å². The van der Waals surface area contributed by atoms with Crippen LogP contribution in [0.5, 0.6) is 5.88 Å². The van der Waals surface area contributed by atoms with Gasteiger partial charge in [0.15, 0.2) is 0 Å². The van der Waals surface area contributed by atoms with Gasteiger partial charge < -0.3 is 15.4 Å². The van der Waals surface area contributed by atoms with Gasteiger partial charge in [-0.25, -0.2) is 4.98 Å². The summed E-state index contributed by atoms with van der Waals surface area (Å²) in [4.78, 5) is 6.59. The monoisotopic (exact) mass is 248 g/mol. The number of nitrogens with zero attached hydrogens (tertiary/aromatic N) is 2. The topological polar surface area (TPSA) is 75.2 Å². The smallest absolute Gasteiger partial charge is 0.224 e. The van der Waals surface area contributed by atoms with Gasteiger partial charge in [-0.2, -0.15) is 0 Å². The molecule has 18 heavy (non-hydrogen) atoms. The number of hydrogen-bond donors (Lipinski definition) is 2. The standard InChI is InChI=1S/C13H20N4O/c1-9-3-6-11(12(14)15)13(16-9)18-8-7-17(2)10-4-5-10/h3,6,10H,4-5,7-8H2,1-2H3,(H3,14,15). The van der Waals surface area contributed by atoms with Crippen LogP contribution in [-0.4, -0.2) is 42.0 Å². The van der Waals surface area contributed by atoms with E-state index in [0.29, 0.717) is 18.1 Å². The molecule has 1 heterocycles. The number of ether oxygens (including phenoxy) is 1. The maximum Gasteiger partial charge on any atom is 0.224 e.